The molecule has 8 heteroatoms. The molecule has 19 heavy (non-hydrogen) atoms. The summed E-state index contributed by atoms with van der Waals surface area (Å²) < 4.78 is 4.79. The minimum absolute atomic E-state index is 0.0224. The molecular formula is C11H10N4O4. The zero-order valence-electron chi connectivity index (χ0n) is 9.74. The fraction of sp³-hybridized carbons (Fsp3) is 0.273. The van der Waals surface area contributed by atoms with Gasteiger partial charge in [-0.25, -0.2) is 9.78 Å². The van der Waals surface area contributed by atoms with Gasteiger partial charge < -0.3 is 19.5 Å². The minimum atomic E-state index is -1.07. The summed E-state index contributed by atoms with van der Waals surface area (Å²) in [5.74, 6) is -1.54. The Morgan fingerprint density at radius 3 is 3.05 bits per heavy atom. The van der Waals surface area contributed by atoms with Gasteiger partial charge in [0.2, 0.25) is 5.76 Å². The van der Waals surface area contributed by atoms with Crippen molar-refractivity contribution in [2.75, 3.05) is 0 Å². The molecule has 8 nitrogen and oxygen atoms in total. The number of aliphatic carboxylic acids is 1. The van der Waals surface area contributed by atoms with Crippen LogP contribution in [0.2, 0.25) is 0 Å². The van der Waals surface area contributed by atoms with Crippen molar-refractivity contribution in [2.24, 2.45) is 0 Å². The average molecular weight is 262 g/mol. The molecule has 0 saturated carbocycles. The second-order valence-electron chi connectivity index (χ2n) is 4.20. The molecule has 1 unspecified atom stereocenters. The maximum atomic E-state index is 12.2. The predicted molar refractivity (Wildman–Crippen MR) is 60.1 cm³/mol. The Bertz CT molecular complexity index is 618. The summed E-state index contributed by atoms with van der Waals surface area (Å²) in [4.78, 5) is 31.7. The minimum Gasteiger partial charge on any atom is -0.480 e. The van der Waals surface area contributed by atoms with E-state index >= 15 is 0 Å². The van der Waals surface area contributed by atoms with Gasteiger partial charge in [-0.05, 0) is 0 Å². The van der Waals surface area contributed by atoms with E-state index in [1.165, 1.54) is 23.5 Å². The third-order valence-corrected chi connectivity index (χ3v) is 3.09. The molecule has 0 aliphatic carbocycles. The summed E-state index contributed by atoms with van der Waals surface area (Å²) in [5.41, 5.74) is 1.42. The first kappa shape index (κ1) is 11.5. The van der Waals surface area contributed by atoms with E-state index in [0.29, 0.717) is 5.69 Å². The third kappa shape index (κ3) is 1.86. The number of carboxylic acid groups (broad SMARTS) is 1. The van der Waals surface area contributed by atoms with Crippen molar-refractivity contribution in [3.63, 3.8) is 0 Å². The van der Waals surface area contributed by atoms with Gasteiger partial charge in [-0.2, -0.15) is 0 Å². The van der Waals surface area contributed by atoms with Crippen molar-refractivity contribution in [3.05, 3.63) is 35.7 Å². The van der Waals surface area contributed by atoms with E-state index in [4.69, 9.17) is 4.52 Å². The Balaban J connectivity index is 1.95. The molecule has 0 radical (unpaired) electrons. The average Bonchev–Trinajstić information content (AvgIpc) is 3.06. The Morgan fingerprint density at radius 2 is 2.37 bits per heavy atom. The molecule has 3 rings (SSSR count). The number of aromatic amines is 1. The van der Waals surface area contributed by atoms with Gasteiger partial charge in [0.05, 0.1) is 30.5 Å². The van der Waals surface area contributed by atoms with Gasteiger partial charge in [0.1, 0.15) is 6.04 Å². The number of hydrogen-bond acceptors (Lipinski definition) is 5. The van der Waals surface area contributed by atoms with Gasteiger partial charge in [-0.15, -0.1) is 0 Å². The van der Waals surface area contributed by atoms with E-state index in [9.17, 15) is 14.7 Å². The summed E-state index contributed by atoms with van der Waals surface area (Å²) in [6, 6.07) is 0.456. The molecule has 0 spiro atoms. The Hall–Kier alpha value is -2.64. The highest BCUT2D eigenvalue weighted by Crippen LogP contribution is 2.22. The Labute approximate surface area is 107 Å². The number of nitrogens with zero attached hydrogens (tertiary/aromatic N) is 3. The fourth-order valence-corrected chi connectivity index (χ4v) is 2.14. The molecule has 98 valence electrons. The number of hydrogen-bond donors (Lipinski definition) is 2. The van der Waals surface area contributed by atoms with E-state index in [-0.39, 0.29) is 18.7 Å². The summed E-state index contributed by atoms with van der Waals surface area (Å²) in [6.07, 6.45) is 3.01. The van der Waals surface area contributed by atoms with Crippen LogP contribution in [0.15, 0.2) is 23.1 Å². The highest BCUT2D eigenvalue weighted by atomic mass is 16.5. The van der Waals surface area contributed by atoms with E-state index in [1.807, 2.05) is 0 Å². The molecule has 1 amide bonds. The van der Waals surface area contributed by atoms with E-state index < -0.39 is 17.9 Å². The fourth-order valence-electron chi connectivity index (χ4n) is 2.14. The second-order valence-corrected chi connectivity index (χ2v) is 4.20. The van der Waals surface area contributed by atoms with Crippen LogP contribution in [-0.4, -0.2) is 43.0 Å². The molecule has 2 aromatic heterocycles. The summed E-state index contributed by atoms with van der Waals surface area (Å²) in [5, 5.41) is 12.7. The first-order valence-electron chi connectivity index (χ1n) is 5.62. The van der Waals surface area contributed by atoms with Crippen molar-refractivity contribution in [2.45, 2.75) is 19.0 Å². The van der Waals surface area contributed by atoms with Gasteiger partial charge >= 0.3 is 5.97 Å². The zero-order chi connectivity index (χ0) is 13.4. The largest absolute Gasteiger partial charge is 0.480 e. The highest BCUT2D eigenvalue weighted by molar-refractivity contribution is 5.94. The van der Waals surface area contributed by atoms with E-state index in [1.54, 1.807) is 0 Å². The van der Waals surface area contributed by atoms with Crippen molar-refractivity contribution < 1.29 is 19.2 Å². The molecule has 0 bridgehead atoms. The van der Waals surface area contributed by atoms with Crippen LogP contribution in [0.25, 0.3) is 0 Å². The van der Waals surface area contributed by atoms with Crippen molar-refractivity contribution in [3.8, 4) is 0 Å². The van der Waals surface area contributed by atoms with Crippen LogP contribution >= 0.6 is 0 Å². The number of imidazole rings is 1. The van der Waals surface area contributed by atoms with Crippen molar-refractivity contribution in [1.29, 1.82) is 0 Å². The van der Waals surface area contributed by atoms with Crippen molar-refractivity contribution in [1.82, 2.24) is 20.0 Å². The lowest BCUT2D eigenvalue weighted by Gasteiger charge is -2.31. The number of rotatable bonds is 2. The van der Waals surface area contributed by atoms with Gasteiger partial charge in [0, 0.05) is 12.5 Å². The monoisotopic (exact) mass is 262 g/mol. The van der Waals surface area contributed by atoms with E-state index in [2.05, 4.69) is 15.1 Å². The second kappa shape index (κ2) is 4.23. The molecule has 0 aromatic carbocycles. The number of nitrogens with one attached hydrogen (secondary N) is 1. The number of carbonyl (C=O) groups excluding carboxylic acids is 1. The van der Waals surface area contributed by atoms with Gasteiger partial charge in [0.15, 0.2) is 0 Å². The maximum absolute atomic E-state index is 12.2. The molecular weight excluding hydrogens is 252 g/mol. The number of H-pyrrole nitrogens is 1. The van der Waals surface area contributed by atoms with Crippen LogP contribution in [0, 0.1) is 0 Å². The summed E-state index contributed by atoms with van der Waals surface area (Å²) >= 11 is 0. The predicted octanol–water partition coefficient (Wildman–Crippen LogP) is 0.0494. The molecule has 1 atom stereocenters. The topological polar surface area (TPSA) is 112 Å². The number of amides is 1. The lowest BCUT2D eigenvalue weighted by atomic mass is 10.0. The molecule has 2 N–H and O–H groups in total. The molecule has 1 aliphatic rings. The number of fused-ring (bicyclic) bond motifs is 1. The van der Waals surface area contributed by atoms with Crippen LogP contribution in [0.5, 0.6) is 0 Å². The lowest BCUT2D eigenvalue weighted by molar-refractivity contribution is -0.142. The van der Waals surface area contributed by atoms with Gasteiger partial charge in [0.25, 0.3) is 5.91 Å². The number of carbonyl (C=O) groups is 2. The third-order valence-electron chi connectivity index (χ3n) is 3.09. The Kier molecular flexibility index (Phi) is 2.55. The standard InChI is InChI=1S/C11H10N4O4/c16-10(9-1-2-14-19-9)15-4-7-6(12-5-13-7)3-8(15)11(17)18/h1-2,5,8H,3-4H2,(H,12,13)(H,17,18). The molecule has 0 saturated heterocycles. The Morgan fingerprint density at radius 1 is 1.53 bits per heavy atom. The smallest absolute Gasteiger partial charge is 0.326 e. The first-order chi connectivity index (χ1) is 9.16. The zero-order valence-corrected chi connectivity index (χ0v) is 9.74. The number of carboxylic acids is 1. The quantitative estimate of drug-likeness (QED) is 0.790. The lowest BCUT2D eigenvalue weighted by Crippen LogP contribution is -2.48. The van der Waals surface area contributed by atoms with Crippen LogP contribution in [0.4, 0.5) is 0 Å². The molecule has 1 aliphatic heterocycles. The SMILES string of the molecule is O=C(O)C1Cc2nc[nH]c2CN1C(=O)c1ccno1. The molecule has 2 aromatic rings. The van der Waals surface area contributed by atoms with E-state index in [0.717, 1.165) is 5.69 Å². The normalized spacial score (nSPS) is 18.1. The number of aromatic nitrogens is 3. The summed E-state index contributed by atoms with van der Waals surface area (Å²) in [6.45, 7) is 0.159. The van der Waals surface area contributed by atoms with Gasteiger partial charge in [-0.1, -0.05) is 5.16 Å². The van der Waals surface area contributed by atoms with Crippen LogP contribution in [0.3, 0.4) is 0 Å². The van der Waals surface area contributed by atoms with Crippen LogP contribution in [0.1, 0.15) is 21.9 Å². The first-order valence-corrected chi connectivity index (χ1v) is 5.62. The maximum Gasteiger partial charge on any atom is 0.326 e. The molecule has 0 fully saturated rings. The van der Waals surface area contributed by atoms with Crippen LogP contribution < -0.4 is 0 Å². The van der Waals surface area contributed by atoms with Crippen LogP contribution in [-0.2, 0) is 17.8 Å². The van der Waals surface area contributed by atoms with Crippen molar-refractivity contribution >= 4 is 11.9 Å². The van der Waals surface area contributed by atoms with Gasteiger partial charge in [-0.3, -0.25) is 4.79 Å². The summed E-state index contributed by atoms with van der Waals surface area (Å²) in [7, 11) is 0. The molecule has 3 heterocycles. The highest BCUT2D eigenvalue weighted by Gasteiger charge is 2.37.